The van der Waals surface area contributed by atoms with Crippen LogP contribution in [0.4, 0.5) is 5.00 Å². The molecule has 5 rings (SSSR count). The van der Waals surface area contributed by atoms with Gasteiger partial charge in [0, 0.05) is 18.0 Å². The molecule has 11 heteroatoms. The molecule has 2 aromatic heterocycles. The Bertz CT molecular complexity index is 1550. The Hall–Kier alpha value is -3.83. The summed E-state index contributed by atoms with van der Waals surface area (Å²) in [5, 5.41) is 15.9. The lowest BCUT2D eigenvalue weighted by Gasteiger charge is -2.13. The highest BCUT2D eigenvalue weighted by atomic mass is 32.2. The number of benzene rings is 2. The number of aromatic nitrogens is 3. The average molecular weight is 606 g/mol. The number of hydrogen-bond donors (Lipinski definition) is 2. The quantitative estimate of drug-likeness (QED) is 0.197. The molecule has 4 aromatic rings. The lowest BCUT2D eigenvalue weighted by molar-refractivity contribution is -0.113. The van der Waals surface area contributed by atoms with Crippen LogP contribution in [0, 0.1) is 6.92 Å². The standard InChI is InChI=1S/C31H35N5O4S2/c1-4-36-26(18-40-23-15-14-20(2)16-24(23)39-3)34-35-31(36)41-19-27(37)33-30-28(22-12-8-9-13-25(22)42-30)29(38)32-17-21-10-6-5-7-11-21/h5-7,10-11,14-16H,4,8-9,12-13,17-19H2,1-3H3,(H,32,38)(H,33,37). The molecule has 0 unspecified atom stereocenters. The SMILES string of the molecule is CCn1c(COc2ccc(C)cc2OC)nnc1SCC(=O)Nc1sc2c(c1C(=O)NCc1ccccc1)CCCC2. The van der Waals surface area contributed by atoms with E-state index >= 15 is 0 Å². The van der Waals surface area contributed by atoms with Crippen molar-refractivity contribution in [3.8, 4) is 11.5 Å². The van der Waals surface area contributed by atoms with Crippen LogP contribution in [0.2, 0.25) is 0 Å². The minimum atomic E-state index is -0.191. The maximum atomic E-state index is 13.3. The predicted octanol–water partition coefficient (Wildman–Crippen LogP) is 5.80. The zero-order chi connectivity index (χ0) is 29.5. The van der Waals surface area contributed by atoms with Gasteiger partial charge in [0.2, 0.25) is 5.91 Å². The average Bonchev–Trinajstić information content (AvgIpc) is 3.58. The minimum Gasteiger partial charge on any atom is -0.493 e. The zero-order valence-electron chi connectivity index (χ0n) is 24.1. The highest BCUT2D eigenvalue weighted by molar-refractivity contribution is 7.99. The van der Waals surface area contributed by atoms with E-state index in [0.29, 0.717) is 46.1 Å². The molecule has 0 saturated heterocycles. The number of aryl methyl sites for hydroxylation is 2. The van der Waals surface area contributed by atoms with Crippen molar-refractivity contribution in [1.29, 1.82) is 0 Å². The molecule has 0 aliphatic heterocycles. The lowest BCUT2D eigenvalue weighted by Crippen LogP contribution is -2.25. The van der Waals surface area contributed by atoms with Crippen LogP contribution in [0.5, 0.6) is 11.5 Å². The third kappa shape index (κ3) is 6.96. The lowest BCUT2D eigenvalue weighted by atomic mass is 9.95. The van der Waals surface area contributed by atoms with E-state index < -0.39 is 0 Å². The molecule has 0 bridgehead atoms. The highest BCUT2D eigenvalue weighted by Crippen LogP contribution is 2.38. The number of thioether (sulfide) groups is 1. The van der Waals surface area contributed by atoms with E-state index in [1.165, 1.54) is 28.0 Å². The normalized spacial score (nSPS) is 12.5. The topological polar surface area (TPSA) is 107 Å². The van der Waals surface area contributed by atoms with Gasteiger partial charge in [-0.2, -0.15) is 0 Å². The first-order valence-corrected chi connectivity index (χ1v) is 15.9. The first-order chi connectivity index (χ1) is 20.5. The molecule has 2 heterocycles. The minimum absolute atomic E-state index is 0.137. The Kier molecular flexibility index (Phi) is 9.81. The van der Waals surface area contributed by atoms with Crippen LogP contribution in [0.3, 0.4) is 0 Å². The Balaban J connectivity index is 1.23. The molecule has 0 saturated carbocycles. The van der Waals surface area contributed by atoms with E-state index in [1.54, 1.807) is 7.11 Å². The van der Waals surface area contributed by atoms with Crippen molar-refractivity contribution in [3.05, 3.63) is 81.5 Å². The van der Waals surface area contributed by atoms with Crippen molar-refractivity contribution in [2.24, 2.45) is 0 Å². The van der Waals surface area contributed by atoms with Crippen molar-refractivity contribution in [1.82, 2.24) is 20.1 Å². The van der Waals surface area contributed by atoms with Crippen molar-refractivity contribution < 1.29 is 19.1 Å². The maximum Gasteiger partial charge on any atom is 0.254 e. The third-order valence-electron chi connectivity index (χ3n) is 7.07. The summed E-state index contributed by atoms with van der Waals surface area (Å²) >= 11 is 2.83. The van der Waals surface area contributed by atoms with Gasteiger partial charge < -0.3 is 24.7 Å². The molecule has 0 fully saturated rings. The molecule has 0 radical (unpaired) electrons. The van der Waals surface area contributed by atoms with Crippen LogP contribution in [0.1, 0.15) is 57.5 Å². The highest BCUT2D eigenvalue weighted by Gasteiger charge is 2.26. The Morgan fingerprint density at radius 3 is 2.67 bits per heavy atom. The predicted molar refractivity (Wildman–Crippen MR) is 166 cm³/mol. The van der Waals surface area contributed by atoms with Crippen molar-refractivity contribution in [2.45, 2.75) is 64.4 Å². The third-order valence-corrected chi connectivity index (χ3v) is 9.24. The van der Waals surface area contributed by atoms with Gasteiger partial charge in [-0.05, 0) is 68.4 Å². The molecule has 2 amide bonds. The number of methoxy groups -OCH3 is 1. The van der Waals surface area contributed by atoms with E-state index in [2.05, 4.69) is 20.8 Å². The maximum absolute atomic E-state index is 13.3. The molecule has 0 spiro atoms. The number of nitrogens with one attached hydrogen (secondary N) is 2. The molecule has 2 aromatic carbocycles. The van der Waals surface area contributed by atoms with Gasteiger partial charge in [0.05, 0.1) is 18.4 Å². The first kappa shape index (κ1) is 29.7. The Morgan fingerprint density at radius 2 is 1.88 bits per heavy atom. The zero-order valence-corrected chi connectivity index (χ0v) is 25.7. The smallest absolute Gasteiger partial charge is 0.254 e. The van der Waals surface area contributed by atoms with Crippen LogP contribution in [-0.2, 0) is 37.3 Å². The summed E-state index contributed by atoms with van der Waals surface area (Å²) in [5.74, 6) is 1.74. The van der Waals surface area contributed by atoms with Crippen LogP contribution in [-0.4, -0.2) is 39.4 Å². The van der Waals surface area contributed by atoms with Gasteiger partial charge in [0.15, 0.2) is 22.5 Å². The van der Waals surface area contributed by atoms with Crippen LogP contribution in [0.15, 0.2) is 53.7 Å². The van der Waals surface area contributed by atoms with E-state index in [9.17, 15) is 9.59 Å². The monoisotopic (exact) mass is 605 g/mol. The molecule has 9 nitrogen and oxygen atoms in total. The summed E-state index contributed by atoms with van der Waals surface area (Å²) < 4.78 is 13.3. The molecular weight excluding hydrogens is 571 g/mol. The molecule has 0 atom stereocenters. The van der Waals surface area contributed by atoms with Gasteiger partial charge in [-0.15, -0.1) is 21.5 Å². The number of carbonyl (C=O) groups excluding carboxylic acids is 2. The van der Waals surface area contributed by atoms with E-state index in [4.69, 9.17) is 9.47 Å². The fourth-order valence-corrected chi connectivity index (χ4v) is 7.06. The second-order valence-electron chi connectivity index (χ2n) is 10.0. The van der Waals surface area contributed by atoms with E-state index in [1.807, 2.05) is 66.9 Å². The van der Waals surface area contributed by atoms with Gasteiger partial charge >= 0.3 is 0 Å². The summed E-state index contributed by atoms with van der Waals surface area (Å²) in [7, 11) is 1.61. The first-order valence-electron chi connectivity index (χ1n) is 14.1. The largest absolute Gasteiger partial charge is 0.493 e. The fraction of sp³-hybridized carbons (Fsp3) is 0.355. The Morgan fingerprint density at radius 1 is 1.07 bits per heavy atom. The summed E-state index contributed by atoms with van der Waals surface area (Å²) in [5.41, 5.74) is 3.78. The van der Waals surface area contributed by atoms with Gasteiger partial charge in [0.25, 0.3) is 5.91 Å². The number of anilines is 1. The second kappa shape index (κ2) is 13.9. The second-order valence-corrected chi connectivity index (χ2v) is 12.1. The number of rotatable bonds is 12. The van der Waals surface area contributed by atoms with Gasteiger partial charge in [-0.3, -0.25) is 9.59 Å². The van der Waals surface area contributed by atoms with Gasteiger partial charge in [-0.25, -0.2) is 0 Å². The molecule has 1 aliphatic rings. The number of ether oxygens (including phenoxy) is 2. The molecule has 42 heavy (non-hydrogen) atoms. The van der Waals surface area contributed by atoms with E-state index in [-0.39, 0.29) is 24.2 Å². The summed E-state index contributed by atoms with van der Waals surface area (Å²) in [6, 6.07) is 15.6. The summed E-state index contributed by atoms with van der Waals surface area (Å²) in [4.78, 5) is 27.6. The number of fused-ring (bicyclic) bond motifs is 1. The van der Waals surface area contributed by atoms with Gasteiger partial charge in [0.1, 0.15) is 11.6 Å². The van der Waals surface area contributed by atoms with E-state index in [0.717, 1.165) is 42.4 Å². The van der Waals surface area contributed by atoms with Crippen molar-refractivity contribution >= 4 is 39.9 Å². The van der Waals surface area contributed by atoms with Crippen LogP contribution >= 0.6 is 23.1 Å². The number of amides is 2. The summed E-state index contributed by atoms with van der Waals surface area (Å²) in [6.45, 7) is 5.27. The number of carbonyl (C=O) groups is 2. The van der Waals surface area contributed by atoms with Crippen LogP contribution < -0.4 is 20.1 Å². The molecular formula is C31H35N5O4S2. The summed E-state index contributed by atoms with van der Waals surface area (Å²) in [6.07, 6.45) is 3.92. The number of nitrogens with zero attached hydrogens (tertiary/aromatic N) is 3. The molecule has 1 aliphatic carbocycles. The van der Waals surface area contributed by atoms with Crippen molar-refractivity contribution in [3.63, 3.8) is 0 Å². The van der Waals surface area contributed by atoms with Crippen molar-refractivity contribution in [2.75, 3.05) is 18.2 Å². The van der Waals surface area contributed by atoms with Crippen LogP contribution in [0.25, 0.3) is 0 Å². The van der Waals surface area contributed by atoms with Gasteiger partial charge in [-0.1, -0.05) is 48.2 Å². The molecule has 2 N–H and O–H groups in total. The fourth-order valence-electron chi connectivity index (χ4n) is 4.94. The number of hydrogen-bond acceptors (Lipinski definition) is 8. The molecule has 220 valence electrons. The Labute approximate surface area is 254 Å². The number of thiophene rings is 1.